The van der Waals surface area contributed by atoms with Gasteiger partial charge in [0.15, 0.2) is 5.82 Å². The van der Waals surface area contributed by atoms with E-state index in [0.29, 0.717) is 5.82 Å². The molecule has 1 aromatic carbocycles. The zero-order chi connectivity index (χ0) is 14.1. The molecular weight excluding hydrogens is 256 g/mol. The van der Waals surface area contributed by atoms with Crippen LogP contribution < -0.4 is 0 Å². The predicted octanol–water partition coefficient (Wildman–Crippen LogP) is 1.55. The second-order valence-corrected chi connectivity index (χ2v) is 5.26. The zero-order valence-electron chi connectivity index (χ0n) is 11.3. The molecule has 3 rings (SSSR count). The first-order chi connectivity index (χ1) is 9.65. The van der Waals surface area contributed by atoms with Crippen LogP contribution in [0.2, 0.25) is 0 Å². The standard InChI is InChI=1S/C14H16N4O2/c1-9(14(19)20)8-18-13(15-16-17-18)12-6-5-10-3-2-4-11(10)7-12/h5-7,9H,2-4,8H2,1H3,(H,19,20). The first-order valence-electron chi connectivity index (χ1n) is 6.76. The molecule has 0 amide bonds. The van der Waals surface area contributed by atoms with E-state index in [1.807, 2.05) is 6.07 Å². The van der Waals surface area contributed by atoms with Crippen molar-refractivity contribution in [1.82, 2.24) is 20.2 Å². The Labute approximate surface area is 116 Å². The van der Waals surface area contributed by atoms with E-state index in [2.05, 4.69) is 27.7 Å². The van der Waals surface area contributed by atoms with E-state index < -0.39 is 11.9 Å². The number of tetrazole rings is 1. The van der Waals surface area contributed by atoms with Crippen molar-refractivity contribution < 1.29 is 9.90 Å². The van der Waals surface area contributed by atoms with Gasteiger partial charge in [0.2, 0.25) is 0 Å². The summed E-state index contributed by atoms with van der Waals surface area (Å²) in [5, 5.41) is 20.6. The number of nitrogens with zero attached hydrogens (tertiary/aromatic N) is 4. The molecule has 0 saturated carbocycles. The number of aliphatic carboxylic acids is 1. The smallest absolute Gasteiger partial charge is 0.308 e. The highest BCUT2D eigenvalue weighted by Crippen LogP contribution is 2.27. The summed E-state index contributed by atoms with van der Waals surface area (Å²) in [7, 11) is 0. The molecule has 1 N–H and O–H groups in total. The lowest BCUT2D eigenvalue weighted by molar-refractivity contribution is -0.141. The van der Waals surface area contributed by atoms with Gasteiger partial charge in [0.25, 0.3) is 0 Å². The van der Waals surface area contributed by atoms with Crippen molar-refractivity contribution in [3.8, 4) is 11.4 Å². The molecule has 1 unspecified atom stereocenters. The average molecular weight is 272 g/mol. The van der Waals surface area contributed by atoms with E-state index in [-0.39, 0.29) is 6.54 Å². The van der Waals surface area contributed by atoms with Gasteiger partial charge in [-0.05, 0) is 46.9 Å². The lowest BCUT2D eigenvalue weighted by Crippen LogP contribution is -2.18. The van der Waals surface area contributed by atoms with Gasteiger partial charge in [-0.15, -0.1) is 5.10 Å². The molecule has 0 saturated heterocycles. The number of carboxylic acids is 1. The minimum Gasteiger partial charge on any atom is -0.481 e. The fourth-order valence-corrected chi connectivity index (χ4v) is 2.58. The molecule has 1 heterocycles. The van der Waals surface area contributed by atoms with Gasteiger partial charge in [0.05, 0.1) is 12.5 Å². The summed E-state index contributed by atoms with van der Waals surface area (Å²) >= 11 is 0. The quantitative estimate of drug-likeness (QED) is 0.913. The molecule has 6 heteroatoms. The van der Waals surface area contributed by atoms with E-state index in [1.54, 1.807) is 11.6 Å². The maximum absolute atomic E-state index is 10.9. The van der Waals surface area contributed by atoms with Crippen molar-refractivity contribution in [2.24, 2.45) is 5.92 Å². The maximum Gasteiger partial charge on any atom is 0.308 e. The monoisotopic (exact) mass is 272 g/mol. The zero-order valence-corrected chi connectivity index (χ0v) is 11.3. The predicted molar refractivity (Wildman–Crippen MR) is 72.1 cm³/mol. The van der Waals surface area contributed by atoms with Gasteiger partial charge < -0.3 is 5.11 Å². The van der Waals surface area contributed by atoms with Crippen molar-refractivity contribution in [3.05, 3.63) is 29.3 Å². The number of aromatic nitrogens is 4. The van der Waals surface area contributed by atoms with Crippen LogP contribution in [0.5, 0.6) is 0 Å². The summed E-state index contributed by atoms with van der Waals surface area (Å²) in [6.45, 7) is 1.92. The number of aryl methyl sites for hydroxylation is 2. The van der Waals surface area contributed by atoms with E-state index >= 15 is 0 Å². The molecule has 1 aliphatic carbocycles. The fraction of sp³-hybridized carbons (Fsp3) is 0.429. The first-order valence-corrected chi connectivity index (χ1v) is 6.76. The minimum absolute atomic E-state index is 0.273. The summed E-state index contributed by atoms with van der Waals surface area (Å²) in [5.41, 5.74) is 3.70. The molecule has 0 fully saturated rings. The maximum atomic E-state index is 10.9. The summed E-state index contributed by atoms with van der Waals surface area (Å²) in [6, 6.07) is 6.26. The van der Waals surface area contributed by atoms with Gasteiger partial charge in [0, 0.05) is 5.56 Å². The third-order valence-corrected chi connectivity index (χ3v) is 3.76. The van der Waals surface area contributed by atoms with Gasteiger partial charge in [0.1, 0.15) is 0 Å². The molecule has 1 aliphatic rings. The molecule has 0 aliphatic heterocycles. The summed E-state index contributed by atoms with van der Waals surface area (Å²) in [4.78, 5) is 10.9. The van der Waals surface area contributed by atoms with Gasteiger partial charge in [-0.1, -0.05) is 19.1 Å². The van der Waals surface area contributed by atoms with Crippen LogP contribution in [0.4, 0.5) is 0 Å². The Kier molecular flexibility index (Phi) is 3.22. The third-order valence-electron chi connectivity index (χ3n) is 3.76. The summed E-state index contributed by atoms with van der Waals surface area (Å²) < 4.78 is 1.56. The van der Waals surface area contributed by atoms with Gasteiger partial charge in [-0.25, -0.2) is 4.68 Å². The first kappa shape index (κ1) is 12.8. The van der Waals surface area contributed by atoms with Crippen molar-refractivity contribution in [2.45, 2.75) is 32.7 Å². The minimum atomic E-state index is -0.847. The Bertz CT molecular complexity index is 650. The second-order valence-electron chi connectivity index (χ2n) is 5.26. The number of rotatable bonds is 4. The molecule has 20 heavy (non-hydrogen) atoms. The Morgan fingerprint density at radius 1 is 1.40 bits per heavy atom. The molecule has 1 aromatic heterocycles. The number of hydrogen-bond donors (Lipinski definition) is 1. The second kappa shape index (κ2) is 5.03. The normalized spacial score (nSPS) is 15.1. The number of benzene rings is 1. The Morgan fingerprint density at radius 3 is 3.00 bits per heavy atom. The average Bonchev–Trinajstić information content (AvgIpc) is 3.05. The fourth-order valence-electron chi connectivity index (χ4n) is 2.58. The van der Waals surface area contributed by atoms with Crippen molar-refractivity contribution in [3.63, 3.8) is 0 Å². The van der Waals surface area contributed by atoms with Gasteiger partial charge in [-0.2, -0.15) is 0 Å². The third kappa shape index (κ3) is 2.29. The molecule has 2 aromatic rings. The van der Waals surface area contributed by atoms with E-state index in [0.717, 1.165) is 18.4 Å². The molecule has 0 spiro atoms. The highest BCUT2D eigenvalue weighted by molar-refractivity contribution is 5.69. The van der Waals surface area contributed by atoms with Crippen LogP contribution in [0.25, 0.3) is 11.4 Å². The topological polar surface area (TPSA) is 80.9 Å². The van der Waals surface area contributed by atoms with Crippen LogP contribution in [0.15, 0.2) is 18.2 Å². The van der Waals surface area contributed by atoms with E-state index in [9.17, 15) is 4.79 Å². The molecular formula is C14H16N4O2. The SMILES string of the molecule is CC(Cn1nnnc1-c1ccc2c(c1)CCC2)C(=O)O. The Balaban J connectivity index is 1.91. The molecule has 104 valence electrons. The Hall–Kier alpha value is -2.24. The lowest BCUT2D eigenvalue weighted by atomic mass is 10.1. The van der Waals surface area contributed by atoms with Crippen LogP contribution in [0, 0.1) is 5.92 Å². The van der Waals surface area contributed by atoms with Crippen LogP contribution >= 0.6 is 0 Å². The van der Waals surface area contributed by atoms with Crippen molar-refractivity contribution in [1.29, 1.82) is 0 Å². The molecule has 0 bridgehead atoms. The molecule has 1 atom stereocenters. The lowest BCUT2D eigenvalue weighted by Gasteiger charge is -2.09. The van der Waals surface area contributed by atoms with Gasteiger partial charge in [-0.3, -0.25) is 4.79 Å². The number of carbonyl (C=O) groups is 1. The molecule has 0 radical (unpaired) electrons. The highest BCUT2D eigenvalue weighted by Gasteiger charge is 2.18. The molecule has 6 nitrogen and oxygen atoms in total. The van der Waals surface area contributed by atoms with Crippen LogP contribution in [0.3, 0.4) is 0 Å². The number of carboxylic acid groups (broad SMARTS) is 1. The number of hydrogen-bond acceptors (Lipinski definition) is 4. The van der Waals surface area contributed by atoms with Gasteiger partial charge >= 0.3 is 5.97 Å². The van der Waals surface area contributed by atoms with Crippen LogP contribution in [-0.2, 0) is 24.2 Å². The van der Waals surface area contributed by atoms with Crippen LogP contribution in [-0.4, -0.2) is 31.3 Å². The number of fused-ring (bicyclic) bond motifs is 1. The summed E-state index contributed by atoms with van der Waals surface area (Å²) in [5.74, 6) is -0.736. The van der Waals surface area contributed by atoms with Crippen molar-refractivity contribution in [2.75, 3.05) is 0 Å². The van der Waals surface area contributed by atoms with Crippen LogP contribution in [0.1, 0.15) is 24.5 Å². The summed E-state index contributed by atoms with van der Waals surface area (Å²) in [6.07, 6.45) is 3.42. The largest absolute Gasteiger partial charge is 0.481 e. The van der Waals surface area contributed by atoms with E-state index in [1.165, 1.54) is 17.5 Å². The Morgan fingerprint density at radius 2 is 2.20 bits per heavy atom. The van der Waals surface area contributed by atoms with Crippen molar-refractivity contribution >= 4 is 5.97 Å². The van der Waals surface area contributed by atoms with E-state index in [4.69, 9.17) is 5.11 Å². The highest BCUT2D eigenvalue weighted by atomic mass is 16.4.